The zero-order valence-corrected chi connectivity index (χ0v) is 17.3. The third kappa shape index (κ3) is 4.02. The van der Waals surface area contributed by atoms with Gasteiger partial charge in [0.2, 0.25) is 0 Å². The molecular formula is C27H27NO2. The summed E-state index contributed by atoms with van der Waals surface area (Å²) >= 11 is 0. The second kappa shape index (κ2) is 9.00. The molecule has 0 heterocycles. The molecule has 30 heavy (non-hydrogen) atoms. The summed E-state index contributed by atoms with van der Waals surface area (Å²) in [5.74, 6) is 0.0645. The maximum Gasteiger partial charge on any atom is 0.410 e. The van der Waals surface area contributed by atoms with E-state index in [2.05, 4.69) is 43.0 Å². The van der Waals surface area contributed by atoms with Crippen LogP contribution in [0.5, 0.6) is 0 Å². The lowest BCUT2D eigenvalue weighted by Crippen LogP contribution is -2.38. The van der Waals surface area contributed by atoms with E-state index in [0.29, 0.717) is 13.2 Å². The van der Waals surface area contributed by atoms with Gasteiger partial charge in [-0.15, -0.1) is 6.58 Å². The monoisotopic (exact) mass is 397 g/mol. The Kier molecular flexibility index (Phi) is 5.99. The van der Waals surface area contributed by atoms with Crippen LogP contribution in [0, 0.1) is 0 Å². The Morgan fingerprint density at radius 3 is 2.13 bits per heavy atom. The lowest BCUT2D eigenvalue weighted by molar-refractivity contribution is 0.0838. The van der Waals surface area contributed by atoms with Crippen molar-refractivity contribution in [1.82, 2.24) is 4.90 Å². The number of carbonyl (C=O) groups excluding carboxylic acids is 1. The molecule has 1 aliphatic carbocycles. The van der Waals surface area contributed by atoms with Crippen LogP contribution in [0.25, 0.3) is 11.1 Å². The molecule has 1 unspecified atom stereocenters. The normalized spacial score (nSPS) is 13.2. The van der Waals surface area contributed by atoms with Gasteiger partial charge in [0.05, 0.1) is 0 Å². The van der Waals surface area contributed by atoms with Crippen molar-refractivity contribution in [2.24, 2.45) is 0 Å². The Bertz CT molecular complexity index is 982. The fourth-order valence-corrected chi connectivity index (χ4v) is 4.23. The first kappa shape index (κ1) is 20.0. The first-order valence-electron chi connectivity index (χ1n) is 10.5. The van der Waals surface area contributed by atoms with Crippen molar-refractivity contribution >= 4 is 6.09 Å². The molecule has 3 aromatic carbocycles. The van der Waals surface area contributed by atoms with E-state index in [4.69, 9.17) is 4.74 Å². The number of fused-ring (bicyclic) bond motifs is 3. The molecule has 0 saturated carbocycles. The van der Waals surface area contributed by atoms with Crippen LogP contribution in [-0.4, -0.2) is 23.6 Å². The maximum atomic E-state index is 13.1. The molecule has 3 aromatic rings. The van der Waals surface area contributed by atoms with Crippen molar-refractivity contribution < 1.29 is 9.53 Å². The highest BCUT2D eigenvalue weighted by Gasteiger charge is 2.30. The predicted octanol–water partition coefficient (Wildman–Crippen LogP) is 6.40. The summed E-state index contributed by atoms with van der Waals surface area (Å²) in [7, 11) is 0. The number of hydrogen-bond donors (Lipinski definition) is 0. The van der Waals surface area contributed by atoms with Gasteiger partial charge in [-0.05, 0) is 41.2 Å². The van der Waals surface area contributed by atoms with E-state index in [1.54, 1.807) is 4.90 Å². The largest absolute Gasteiger partial charge is 0.448 e. The standard InChI is InChI=1S/C27H27NO2/c1-3-11-20(2)28(18-21-12-5-4-6-13-21)27(29)30-19-26-24-16-9-7-14-22(24)23-15-8-10-17-25(23)26/h3-10,12-17,20,26H,1,11,18-19H2,2H3. The minimum atomic E-state index is -0.282. The quantitative estimate of drug-likeness (QED) is 0.432. The van der Waals surface area contributed by atoms with Crippen LogP contribution in [0.3, 0.4) is 0 Å². The highest BCUT2D eigenvalue weighted by Crippen LogP contribution is 2.44. The van der Waals surface area contributed by atoms with Crippen molar-refractivity contribution in [2.45, 2.75) is 31.8 Å². The molecule has 3 nitrogen and oxygen atoms in total. The number of benzene rings is 3. The summed E-state index contributed by atoms with van der Waals surface area (Å²) in [5.41, 5.74) is 5.99. The first-order chi connectivity index (χ1) is 14.7. The summed E-state index contributed by atoms with van der Waals surface area (Å²) in [5, 5.41) is 0. The van der Waals surface area contributed by atoms with Crippen LogP contribution in [0.2, 0.25) is 0 Å². The van der Waals surface area contributed by atoms with Gasteiger partial charge in [0, 0.05) is 18.5 Å². The smallest absolute Gasteiger partial charge is 0.410 e. The van der Waals surface area contributed by atoms with Crippen LogP contribution in [0.4, 0.5) is 4.79 Å². The number of amides is 1. The topological polar surface area (TPSA) is 29.5 Å². The van der Waals surface area contributed by atoms with E-state index in [0.717, 1.165) is 12.0 Å². The number of ether oxygens (including phenoxy) is 1. The van der Waals surface area contributed by atoms with Gasteiger partial charge in [0.15, 0.2) is 0 Å². The summed E-state index contributed by atoms with van der Waals surface area (Å²) in [6.45, 7) is 6.72. The minimum Gasteiger partial charge on any atom is -0.448 e. The third-order valence-electron chi connectivity index (χ3n) is 5.81. The third-order valence-corrected chi connectivity index (χ3v) is 5.81. The summed E-state index contributed by atoms with van der Waals surface area (Å²) < 4.78 is 5.89. The summed E-state index contributed by atoms with van der Waals surface area (Å²) in [6.07, 6.45) is 2.28. The van der Waals surface area contributed by atoms with Gasteiger partial charge in [-0.25, -0.2) is 4.79 Å². The van der Waals surface area contributed by atoms with E-state index in [1.807, 2.05) is 55.5 Å². The lowest BCUT2D eigenvalue weighted by Gasteiger charge is -2.28. The Labute approximate surface area is 178 Å². The van der Waals surface area contributed by atoms with Crippen LogP contribution < -0.4 is 0 Å². The van der Waals surface area contributed by atoms with E-state index in [9.17, 15) is 4.79 Å². The van der Waals surface area contributed by atoms with Crippen molar-refractivity contribution in [3.05, 3.63) is 108 Å². The maximum absolute atomic E-state index is 13.1. The molecule has 0 bridgehead atoms. The van der Waals surface area contributed by atoms with E-state index in [-0.39, 0.29) is 18.1 Å². The highest BCUT2D eigenvalue weighted by molar-refractivity contribution is 5.79. The molecule has 1 amide bonds. The molecule has 0 radical (unpaired) electrons. The Hall–Kier alpha value is -3.33. The Morgan fingerprint density at radius 2 is 1.53 bits per heavy atom. The van der Waals surface area contributed by atoms with Crippen LogP contribution in [0.15, 0.2) is 91.5 Å². The Balaban J connectivity index is 1.52. The molecule has 0 aliphatic heterocycles. The van der Waals surface area contributed by atoms with Crippen LogP contribution in [0.1, 0.15) is 36.0 Å². The molecule has 1 aliphatic rings. The SMILES string of the molecule is C=CCC(C)N(Cc1ccccc1)C(=O)OCC1c2ccccc2-c2ccccc21. The highest BCUT2D eigenvalue weighted by atomic mass is 16.6. The molecule has 0 fully saturated rings. The van der Waals surface area contributed by atoms with E-state index >= 15 is 0 Å². The second-order valence-electron chi connectivity index (χ2n) is 7.79. The van der Waals surface area contributed by atoms with Gasteiger partial charge in [-0.3, -0.25) is 0 Å². The van der Waals surface area contributed by atoms with Crippen molar-refractivity contribution in [3.8, 4) is 11.1 Å². The summed E-state index contributed by atoms with van der Waals surface area (Å²) in [6, 6.07) is 26.8. The average molecular weight is 398 g/mol. The number of hydrogen-bond acceptors (Lipinski definition) is 2. The molecule has 0 saturated heterocycles. The first-order valence-corrected chi connectivity index (χ1v) is 10.5. The van der Waals surface area contributed by atoms with E-state index < -0.39 is 0 Å². The molecule has 0 aromatic heterocycles. The predicted molar refractivity (Wildman–Crippen MR) is 121 cm³/mol. The van der Waals surface area contributed by atoms with Crippen molar-refractivity contribution in [3.63, 3.8) is 0 Å². The van der Waals surface area contributed by atoms with Crippen molar-refractivity contribution in [2.75, 3.05) is 6.61 Å². The number of carbonyl (C=O) groups is 1. The molecule has 0 spiro atoms. The fraction of sp³-hybridized carbons (Fsp3) is 0.222. The minimum absolute atomic E-state index is 0.0124. The van der Waals surface area contributed by atoms with Gasteiger partial charge >= 0.3 is 6.09 Å². The van der Waals surface area contributed by atoms with Crippen LogP contribution >= 0.6 is 0 Å². The second-order valence-corrected chi connectivity index (χ2v) is 7.79. The Morgan fingerprint density at radius 1 is 0.967 bits per heavy atom. The lowest BCUT2D eigenvalue weighted by atomic mass is 9.98. The molecule has 0 N–H and O–H groups in total. The van der Waals surface area contributed by atoms with Gasteiger partial charge < -0.3 is 9.64 Å². The number of nitrogens with zero attached hydrogens (tertiary/aromatic N) is 1. The van der Waals surface area contributed by atoms with Gasteiger partial charge in [-0.2, -0.15) is 0 Å². The average Bonchev–Trinajstić information content (AvgIpc) is 3.10. The molecule has 1 atom stereocenters. The summed E-state index contributed by atoms with van der Waals surface area (Å²) in [4.78, 5) is 14.9. The molecular weight excluding hydrogens is 370 g/mol. The molecule has 4 rings (SSSR count). The fourth-order valence-electron chi connectivity index (χ4n) is 4.23. The van der Waals surface area contributed by atoms with Crippen molar-refractivity contribution in [1.29, 1.82) is 0 Å². The zero-order valence-electron chi connectivity index (χ0n) is 17.3. The van der Waals surface area contributed by atoms with Gasteiger partial charge in [0.1, 0.15) is 6.61 Å². The zero-order chi connectivity index (χ0) is 20.9. The molecule has 3 heteroatoms. The van der Waals surface area contributed by atoms with Gasteiger partial charge in [0.25, 0.3) is 0 Å². The van der Waals surface area contributed by atoms with Gasteiger partial charge in [-0.1, -0.05) is 84.9 Å². The number of rotatable bonds is 7. The van der Waals surface area contributed by atoms with Crippen LogP contribution in [-0.2, 0) is 11.3 Å². The molecule has 152 valence electrons. The van der Waals surface area contributed by atoms with E-state index in [1.165, 1.54) is 22.3 Å².